The molecule has 110 valence electrons. The van der Waals surface area contributed by atoms with E-state index in [1.165, 1.54) is 19.2 Å². The molecule has 1 aromatic carbocycles. The molecule has 0 radical (unpaired) electrons. The van der Waals surface area contributed by atoms with Crippen molar-refractivity contribution in [1.82, 2.24) is 0 Å². The molecular weight excluding hydrogens is 276 g/mol. The first-order valence-corrected chi connectivity index (χ1v) is 6.17. The fourth-order valence-electron chi connectivity index (χ4n) is 1.81. The number of hydrogen-bond acceptors (Lipinski definition) is 6. The van der Waals surface area contributed by atoms with Gasteiger partial charge >= 0.3 is 5.97 Å². The number of esters is 1. The Morgan fingerprint density at radius 3 is 2.81 bits per heavy atom. The highest BCUT2D eigenvalue weighted by Gasteiger charge is 2.15. The largest absolute Gasteiger partial charge is 0.463 e. The zero-order valence-electron chi connectivity index (χ0n) is 11.6. The number of methoxy groups -OCH3 is 1. The van der Waals surface area contributed by atoms with Gasteiger partial charge in [-0.25, -0.2) is 4.79 Å². The summed E-state index contributed by atoms with van der Waals surface area (Å²) in [5.41, 5.74) is 1.19. The third-order valence-electron chi connectivity index (χ3n) is 2.85. The maximum Gasteiger partial charge on any atom is 0.373 e. The molecule has 0 aliphatic rings. The smallest absolute Gasteiger partial charge is 0.373 e. The monoisotopic (exact) mass is 290 g/mol. The number of nitrogens with one attached hydrogen (secondary N) is 1. The van der Waals surface area contributed by atoms with Crippen LogP contribution < -0.4 is 5.32 Å². The van der Waals surface area contributed by atoms with Gasteiger partial charge in [0.2, 0.25) is 5.76 Å². The number of nitro groups is 1. The minimum Gasteiger partial charge on any atom is -0.463 e. The Bertz CT molecular complexity index is 678. The molecule has 7 nitrogen and oxygen atoms in total. The molecule has 0 amide bonds. The van der Waals surface area contributed by atoms with E-state index in [4.69, 9.17) is 4.42 Å². The number of hydrogen-bond donors (Lipinski definition) is 1. The number of carbonyl (C=O) groups excluding carboxylic acids is 1. The van der Waals surface area contributed by atoms with Crippen molar-refractivity contribution >= 4 is 17.3 Å². The molecule has 0 spiro atoms. The van der Waals surface area contributed by atoms with Crippen molar-refractivity contribution in [3.63, 3.8) is 0 Å². The predicted molar refractivity (Wildman–Crippen MR) is 75.2 cm³/mol. The average Bonchev–Trinajstić information content (AvgIpc) is 2.93. The Balaban J connectivity index is 2.11. The second-order valence-electron chi connectivity index (χ2n) is 4.39. The van der Waals surface area contributed by atoms with E-state index in [1.54, 1.807) is 25.1 Å². The standard InChI is InChI=1S/C14H14N2O5/c1-9-3-5-11(12(7-9)16(18)19)15-8-10-4-6-13(21-10)14(17)20-2/h3-7,15H,8H2,1-2H3. The van der Waals surface area contributed by atoms with Gasteiger partial charge in [-0.1, -0.05) is 6.07 Å². The summed E-state index contributed by atoms with van der Waals surface area (Å²) in [5, 5.41) is 13.9. The Labute approximate surface area is 120 Å². The number of carbonyl (C=O) groups is 1. The highest BCUT2D eigenvalue weighted by Crippen LogP contribution is 2.26. The maximum atomic E-state index is 11.3. The van der Waals surface area contributed by atoms with Crippen LogP contribution in [0.15, 0.2) is 34.7 Å². The minimum absolute atomic E-state index is 0.00486. The van der Waals surface area contributed by atoms with Crippen LogP contribution in [0, 0.1) is 17.0 Å². The first-order valence-electron chi connectivity index (χ1n) is 6.17. The predicted octanol–water partition coefficient (Wildman–Crippen LogP) is 2.89. The summed E-state index contributed by atoms with van der Waals surface area (Å²) in [5.74, 6) is 0.000505. The van der Waals surface area contributed by atoms with Crippen molar-refractivity contribution in [1.29, 1.82) is 0 Å². The Morgan fingerprint density at radius 2 is 2.14 bits per heavy atom. The van der Waals surface area contributed by atoms with Crippen molar-refractivity contribution in [2.24, 2.45) is 0 Å². The van der Waals surface area contributed by atoms with E-state index in [0.29, 0.717) is 11.4 Å². The van der Waals surface area contributed by atoms with Gasteiger partial charge in [-0.3, -0.25) is 10.1 Å². The van der Waals surface area contributed by atoms with E-state index in [-0.39, 0.29) is 18.0 Å². The minimum atomic E-state index is -0.567. The van der Waals surface area contributed by atoms with Crippen LogP contribution in [0.25, 0.3) is 0 Å². The molecule has 2 aromatic rings. The summed E-state index contributed by atoms with van der Waals surface area (Å²) in [6.07, 6.45) is 0. The normalized spacial score (nSPS) is 10.2. The number of ether oxygens (including phenoxy) is 1. The second kappa shape index (κ2) is 6.08. The number of furan rings is 1. The van der Waals surface area contributed by atoms with Crippen molar-refractivity contribution in [2.75, 3.05) is 12.4 Å². The maximum absolute atomic E-state index is 11.3. The van der Waals surface area contributed by atoms with Gasteiger partial charge in [0.15, 0.2) is 0 Å². The molecule has 1 heterocycles. The van der Waals surface area contributed by atoms with Gasteiger partial charge in [0.1, 0.15) is 11.4 Å². The number of nitrogens with zero attached hydrogens (tertiary/aromatic N) is 1. The van der Waals surface area contributed by atoms with Gasteiger partial charge in [-0.15, -0.1) is 0 Å². The lowest BCUT2D eigenvalue weighted by Crippen LogP contribution is -2.02. The third-order valence-corrected chi connectivity index (χ3v) is 2.85. The topological polar surface area (TPSA) is 94.6 Å². The van der Waals surface area contributed by atoms with E-state index in [0.717, 1.165) is 5.56 Å². The van der Waals surface area contributed by atoms with Crippen molar-refractivity contribution in [2.45, 2.75) is 13.5 Å². The van der Waals surface area contributed by atoms with E-state index < -0.39 is 10.9 Å². The van der Waals surface area contributed by atoms with Crippen LogP contribution in [0.3, 0.4) is 0 Å². The number of nitro benzene ring substituents is 1. The zero-order valence-corrected chi connectivity index (χ0v) is 11.6. The summed E-state index contributed by atoms with van der Waals surface area (Å²) in [7, 11) is 1.26. The van der Waals surface area contributed by atoms with Crippen LogP contribution in [0.5, 0.6) is 0 Å². The van der Waals surface area contributed by atoms with Gasteiger partial charge in [-0.05, 0) is 30.7 Å². The molecule has 2 rings (SSSR count). The number of rotatable bonds is 5. The Morgan fingerprint density at radius 1 is 1.38 bits per heavy atom. The van der Waals surface area contributed by atoms with Crippen molar-refractivity contribution in [3.8, 4) is 0 Å². The highest BCUT2D eigenvalue weighted by molar-refractivity contribution is 5.86. The number of benzene rings is 1. The van der Waals surface area contributed by atoms with Crippen molar-refractivity contribution < 1.29 is 18.9 Å². The Hall–Kier alpha value is -2.83. The molecule has 0 atom stereocenters. The molecule has 0 unspecified atom stereocenters. The van der Waals surface area contributed by atoms with Crippen LogP contribution in [0.1, 0.15) is 21.9 Å². The van der Waals surface area contributed by atoms with Crippen LogP contribution in [-0.2, 0) is 11.3 Å². The van der Waals surface area contributed by atoms with Crippen LogP contribution >= 0.6 is 0 Å². The van der Waals surface area contributed by atoms with Crippen molar-refractivity contribution in [3.05, 3.63) is 57.5 Å². The van der Waals surface area contributed by atoms with Crippen LogP contribution in [0.4, 0.5) is 11.4 Å². The van der Waals surface area contributed by atoms with Gasteiger partial charge in [-0.2, -0.15) is 0 Å². The molecule has 1 aromatic heterocycles. The molecule has 0 aliphatic heterocycles. The molecule has 1 N–H and O–H groups in total. The molecular formula is C14H14N2O5. The fourth-order valence-corrected chi connectivity index (χ4v) is 1.81. The highest BCUT2D eigenvalue weighted by atomic mass is 16.6. The Kier molecular flexibility index (Phi) is 4.22. The third kappa shape index (κ3) is 3.38. The summed E-state index contributed by atoms with van der Waals surface area (Å²) in [6, 6.07) is 8.00. The first-order chi connectivity index (χ1) is 10.0. The molecule has 7 heteroatoms. The first kappa shape index (κ1) is 14.6. The van der Waals surface area contributed by atoms with Gasteiger partial charge in [0.25, 0.3) is 5.69 Å². The second-order valence-corrected chi connectivity index (χ2v) is 4.39. The zero-order chi connectivity index (χ0) is 15.4. The lowest BCUT2D eigenvalue weighted by molar-refractivity contribution is -0.384. The quantitative estimate of drug-likeness (QED) is 0.517. The average molecular weight is 290 g/mol. The lowest BCUT2D eigenvalue weighted by Gasteiger charge is -2.06. The molecule has 0 aliphatic carbocycles. The summed E-state index contributed by atoms with van der Waals surface area (Å²) in [4.78, 5) is 21.8. The molecule has 0 fully saturated rings. The molecule has 0 saturated carbocycles. The van der Waals surface area contributed by atoms with Gasteiger partial charge < -0.3 is 14.5 Å². The lowest BCUT2D eigenvalue weighted by atomic mass is 10.2. The van der Waals surface area contributed by atoms with Crippen LogP contribution in [0.2, 0.25) is 0 Å². The van der Waals surface area contributed by atoms with Gasteiger partial charge in [0, 0.05) is 6.07 Å². The van der Waals surface area contributed by atoms with E-state index in [2.05, 4.69) is 10.1 Å². The molecule has 21 heavy (non-hydrogen) atoms. The summed E-state index contributed by atoms with van der Waals surface area (Å²) < 4.78 is 9.81. The summed E-state index contributed by atoms with van der Waals surface area (Å²) in [6.45, 7) is 2.01. The SMILES string of the molecule is COC(=O)c1ccc(CNc2ccc(C)cc2[N+](=O)[O-])o1. The number of anilines is 1. The number of aryl methyl sites for hydroxylation is 1. The summed E-state index contributed by atoms with van der Waals surface area (Å²) >= 11 is 0. The molecule has 0 saturated heterocycles. The molecule has 0 bridgehead atoms. The van der Waals surface area contributed by atoms with Crippen LogP contribution in [-0.4, -0.2) is 18.0 Å². The van der Waals surface area contributed by atoms with E-state index >= 15 is 0 Å². The van der Waals surface area contributed by atoms with E-state index in [9.17, 15) is 14.9 Å². The van der Waals surface area contributed by atoms with Gasteiger partial charge in [0.05, 0.1) is 18.6 Å². The van der Waals surface area contributed by atoms with E-state index in [1.807, 2.05) is 0 Å². The fraction of sp³-hybridized carbons (Fsp3) is 0.214.